The molecule has 3 rings (SSSR count). The third-order valence-corrected chi connectivity index (χ3v) is 6.36. The molecular formula is C21H30O6. The van der Waals surface area contributed by atoms with Crippen molar-refractivity contribution >= 4 is 5.97 Å². The number of hydrogen-bond acceptors (Lipinski definition) is 6. The summed E-state index contributed by atoms with van der Waals surface area (Å²) in [6.45, 7) is 9.43. The zero-order valence-electron chi connectivity index (χ0n) is 17.2. The third-order valence-electron chi connectivity index (χ3n) is 6.36. The Morgan fingerprint density at radius 3 is 2.26 bits per heavy atom. The van der Waals surface area contributed by atoms with Gasteiger partial charge in [0, 0.05) is 16.5 Å². The van der Waals surface area contributed by atoms with Gasteiger partial charge in [-0.25, -0.2) is 4.79 Å². The molecule has 6 nitrogen and oxygen atoms in total. The van der Waals surface area contributed by atoms with Gasteiger partial charge in [-0.2, -0.15) is 0 Å². The maximum atomic E-state index is 13.0. The topological polar surface area (TPSA) is 85.2 Å². The predicted molar refractivity (Wildman–Crippen MR) is 100 cm³/mol. The third kappa shape index (κ3) is 2.49. The standard InChI is InChI=1S/C21H30O6/c1-11(2)13-8-14-15(17(26-7)16(13)25-6)20(5)10-12(22)9-19(3,4)21(20,24)27-18(14)23/h8,11-12,22,24H,9-10H2,1-7H3/t12-,20+,21-/m0/s1. The number of hydrogen-bond donors (Lipinski definition) is 2. The molecule has 2 N–H and O–H groups in total. The largest absolute Gasteiger partial charge is 0.493 e. The van der Waals surface area contributed by atoms with Gasteiger partial charge in [-0.05, 0) is 31.7 Å². The molecule has 27 heavy (non-hydrogen) atoms. The Morgan fingerprint density at radius 1 is 1.15 bits per heavy atom. The van der Waals surface area contributed by atoms with E-state index in [4.69, 9.17) is 14.2 Å². The molecule has 0 radical (unpaired) electrons. The van der Waals surface area contributed by atoms with Crippen molar-refractivity contribution in [1.82, 2.24) is 0 Å². The summed E-state index contributed by atoms with van der Waals surface area (Å²) in [7, 11) is 3.08. The maximum absolute atomic E-state index is 13.0. The molecule has 3 atom stereocenters. The average molecular weight is 378 g/mol. The Morgan fingerprint density at radius 2 is 1.74 bits per heavy atom. The Balaban J connectivity index is 2.41. The lowest BCUT2D eigenvalue weighted by Crippen LogP contribution is -2.68. The van der Waals surface area contributed by atoms with E-state index >= 15 is 0 Å². The second-order valence-electron chi connectivity index (χ2n) is 8.92. The number of methoxy groups -OCH3 is 2. The lowest BCUT2D eigenvalue weighted by Gasteiger charge is -2.59. The maximum Gasteiger partial charge on any atom is 0.341 e. The molecule has 0 unspecified atom stereocenters. The molecule has 1 heterocycles. The van der Waals surface area contributed by atoms with E-state index in [-0.39, 0.29) is 12.3 Å². The molecule has 1 aliphatic carbocycles. The first-order chi connectivity index (χ1) is 12.4. The number of rotatable bonds is 3. The SMILES string of the molecule is COc1c(C(C)C)cc2c(c1OC)[C@@]1(C)C[C@@H](O)CC(C)(C)[C@]1(O)OC2=O. The van der Waals surface area contributed by atoms with E-state index in [1.54, 1.807) is 27.0 Å². The highest BCUT2D eigenvalue weighted by molar-refractivity contribution is 5.95. The first kappa shape index (κ1) is 20.0. The molecule has 0 spiro atoms. The number of ether oxygens (including phenoxy) is 3. The van der Waals surface area contributed by atoms with Crippen molar-refractivity contribution in [2.24, 2.45) is 5.41 Å². The van der Waals surface area contributed by atoms with Crippen LogP contribution in [-0.2, 0) is 10.2 Å². The fourth-order valence-corrected chi connectivity index (χ4v) is 5.07. The van der Waals surface area contributed by atoms with Crippen LogP contribution in [0.3, 0.4) is 0 Å². The van der Waals surface area contributed by atoms with Crippen molar-refractivity contribution in [3.63, 3.8) is 0 Å². The first-order valence-electron chi connectivity index (χ1n) is 9.36. The molecule has 0 bridgehead atoms. The minimum absolute atomic E-state index is 0.0916. The minimum Gasteiger partial charge on any atom is -0.493 e. The number of carbonyl (C=O) groups excluding carboxylic acids is 1. The molecule has 1 aliphatic heterocycles. The highest BCUT2D eigenvalue weighted by Gasteiger charge is 2.68. The van der Waals surface area contributed by atoms with Crippen molar-refractivity contribution in [3.05, 3.63) is 22.8 Å². The Bertz CT molecular complexity index is 783. The van der Waals surface area contributed by atoms with Gasteiger partial charge in [-0.3, -0.25) is 0 Å². The second kappa shape index (κ2) is 6.11. The van der Waals surface area contributed by atoms with Crippen molar-refractivity contribution in [2.45, 2.75) is 70.7 Å². The van der Waals surface area contributed by atoms with Crippen LogP contribution in [0.4, 0.5) is 0 Å². The molecule has 0 aromatic heterocycles. The summed E-state index contributed by atoms with van der Waals surface area (Å²) in [6, 6.07) is 1.77. The number of carbonyl (C=O) groups is 1. The summed E-state index contributed by atoms with van der Waals surface area (Å²) >= 11 is 0. The van der Waals surface area contributed by atoms with Crippen LogP contribution in [0.25, 0.3) is 0 Å². The van der Waals surface area contributed by atoms with Gasteiger partial charge in [0.1, 0.15) is 0 Å². The number of aliphatic hydroxyl groups excluding tert-OH is 1. The Kier molecular flexibility index (Phi) is 4.51. The van der Waals surface area contributed by atoms with Gasteiger partial charge in [-0.1, -0.05) is 27.7 Å². The molecule has 1 aromatic rings. The van der Waals surface area contributed by atoms with Gasteiger partial charge in [0.05, 0.1) is 31.3 Å². The van der Waals surface area contributed by atoms with Crippen LogP contribution in [0.1, 0.15) is 74.9 Å². The number of esters is 1. The molecule has 1 fully saturated rings. The number of aliphatic hydroxyl groups is 2. The lowest BCUT2D eigenvalue weighted by molar-refractivity contribution is -0.303. The summed E-state index contributed by atoms with van der Waals surface area (Å²) in [5.41, 5.74) is -0.173. The van der Waals surface area contributed by atoms with Crippen LogP contribution in [0.5, 0.6) is 11.5 Å². The average Bonchev–Trinajstić information content (AvgIpc) is 2.56. The lowest BCUT2D eigenvalue weighted by atomic mass is 9.54. The van der Waals surface area contributed by atoms with Gasteiger partial charge in [0.15, 0.2) is 11.5 Å². The van der Waals surface area contributed by atoms with Crippen molar-refractivity contribution in [3.8, 4) is 11.5 Å². The Labute approximate surface area is 160 Å². The van der Waals surface area contributed by atoms with Crippen LogP contribution in [0, 0.1) is 5.41 Å². The summed E-state index contributed by atoms with van der Waals surface area (Å²) in [5.74, 6) is -1.31. The van der Waals surface area contributed by atoms with E-state index in [2.05, 4.69) is 0 Å². The summed E-state index contributed by atoms with van der Waals surface area (Å²) in [4.78, 5) is 13.0. The molecule has 2 aliphatic rings. The monoisotopic (exact) mass is 378 g/mol. The van der Waals surface area contributed by atoms with Gasteiger partial charge < -0.3 is 24.4 Å². The quantitative estimate of drug-likeness (QED) is 0.786. The highest BCUT2D eigenvalue weighted by Crippen LogP contribution is 2.61. The molecule has 6 heteroatoms. The molecule has 1 saturated carbocycles. The van der Waals surface area contributed by atoms with Crippen LogP contribution < -0.4 is 9.47 Å². The molecule has 0 saturated heterocycles. The smallest absolute Gasteiger partial charge is 0.341 e. The molecular weight excluding hydrogens is 348 g/mol. The predicted octanol–water partition coefficient (Wildman–Crippen LogP) is 3.12. The molecule has 0 amide bonds. The van der Waals surface area contributed by atoms with E-state index in [0.717, 1.165) is 5.56 Å². The fourth-order valence-electron chi connectivity index (χ4n) is 5.07. The Hall–Kier alpha value is -1.79. The van der Waals surface area contributed by atoms with E-state index in [1.807, 2.05) is 20.8 Å². The number of benzene rings is 1. The summed E-state index contributed by atoms with van der Waals surface area (Å²) in [6.07, 6.45) is -0.0747. The second-order valence-corrected chi connectivity index (χ2v) is 8.92. The van der Waals surface area contributed by atoms with Crippen LogP contribution in [-0.4, -0.2) is 42.3 Å². The van der Waals surface area contributed by atoms with Gasteiger partial charge in [0.2, 0.25) is 5.79 Å². The summed E-state index contributed by atoms with van der Waals surface area (Å²) in [5, 5.41) is 22.2. The normalized spacial score (nSPS) is 31.8. The first-order valence-corrected chi connectivity index (χ1v) is 9.36. The minimum atomic E-state index is -1.78. The summed E-state index contributed by atoms with van der Waals surface area (Å²) < 4.78 is 17.0. The van der Waals surface area contributed by atoms with Crippen molar-refractivity contribution in [2.75, 3.05) is 14.2 Å². The van der Waals surface area contributed by atoms with E-state index in [9.17, 15) is 15.0 Å². The fraction of sp³-hybridized carbons (Fsp3) is 0.667. The number of fused-ring (bicyclic) bond motifs is 3. The van der Waals surface area contributed by atoms with Crippen LogP contribution in [0.2, 0.25) is 0 Å². The zero-order valence-corrected chi connectivity index (χ0v) is 17.2. The van der Waals surface area contributed by atoms with Crippen molar-refractivity contribution in [1.29, 1.82) is 0 Å². The zero-order chi connectivity index (χ0) is 20.4. The molecule has 1 aromatic carbocycles. The highest BCUT2D eigenvalue weighted by atomic mass is 16.7. The molecule has 150 valence electrons. The van der Waals surface area contributed by atoms with Crippen molar-refractivity contribution < 1.29 is 29.2 Å². The van der Waals surface area contributed by atoms with E-state index < -0.39 is 28.7 Å². The van der Waals surface area contributed by atoms with Crippen LogP contribution in [0.15, 0.2) is 6.07 Å². The van der Waals surface area contributed by atoms with E-state index in [0.29, 0.717) is 29.0 Å². The van der Waals surface area contributed by atoms with Gasteiger partial charge in [-0.15, -0.1) is 0 Å². The van der Waals surface area contributed by atoms with Crippen LogP contribution >= 0.6 is 0 Å². The van der Waals surface area contributed by atoms with Gasteiger partial charge >= 0.3 is 5.97 Å². The van der Waals surface area contributed by atoms with Gasteiger partial charge in [0.25, 0.3) is 0 Å². The van der Waals surface area contributed by atoms with E-state index in [1.165, 1.54) is 7.11 Å².